The number of rotatable bonds is 2. The monoisotopic (exact) mass is 322 g/mol. The molecule has 2 heterocycles. The van der Waals surface area contributed by atoms with E-state index in [9.17, 15) is 9.59 Å². The Bertz CT molecular complexity index is 921. The van der Waals surface area contributed by atoms with E-state index >= 15 is 0 Å². The van der Waals surface area contributed by atoms with Crippen molar-refractivity contribution in [1.29, 1.82) is 0 Å². The van der Waals surface area contributed by atoms with E-state index in [0.29, 0.717) is 13.1 Å². The first-order valence-corrected chi connectivity index (χ1v) is 8.02. The number of amides is 1. The second-order valence-corrected chi connectivity index (χ2v) is 5.95. The Labute approximate surface area is 138 Å². The number of nitrogens with one attached hydrogen (secondary N) is 2. The van der Waals surface area contributed by atoms with Crippen LogP contribution in [-0.2, 0) is 0 Å². The van der Waals surface area contributed by atoms with Crippen LogP contribution in [0.4, 0.5) is 5.69 Å². The maximum absolute atomic E-state index is 12.5. The molecule has 6 heteroatoms. The first-order chi connectivity index (χ1) is 11.7. The standard InChI is InChI=1S/C18H18N4O2/c23-17(13-4-2-1-3-5-13)22-10-8-21(9-11-22)14-6-7-15-16(12-14)20-18(24)19-15/h1-7,12H,8-11H2,(H2,19,20,24). The van der Waals surface area contributed by atoms with E-state index in [4.69, 9.17) is 0 Å². The lowest BCUT2D eigenvalue weighted by Gasteiger charge is -2.36. The van der Waals surface area contributed by atoms with Crippen molar-refractivity contribution in [2.75, 3.05) is 31.1 Å². The van der Waals surface area contributed by atoms with Crippen molar-refractivity contribution in [3.63, 3.8) is 0 Å². The number of anilines is 1. The maximum Gasteiger partial charge on any atom is 0.323 e. The topological polar surface area (TPSA) is 72.2 Å². The molecule has 1 aliphatic heterocycles. The fourth-order valence-corrected chi connectivity index (χ4v) is 3.15. The van der Waals surface area contributed by atoms with E-state index in [2.05, 4.69) is 14.9 Å². The van der Waals surface area contributed by atoms with Gasteiger partial charge < -0.3 is 19.8 Å². The van der Waals surface area contributed by atoms with Crippen molar-refractivity contribution in [2.45, 2.75) is 0 Å². The van der Waals surface area contributed by atoms with Crippen LogP contribution in [0.5, 0.6) is 0 Å². The number of piperazine rings is 1. The van der Waals surface area contributed by atoms with Crippen LogP contribution >= 0.6 is 0 Å². The zero-order chi connectivity index (χ0) is 16.5. The molecule has 4 rings (SSSR count). The molecule has 2 N–H and O–H groups in total. The average Bonchev–Trinajstić information content (AvgIpc) is 3.01. The number of hydrogen-bond donors (Lipinski definition) is 2. The number of carbonyl (C=O) groups is 1. The zero-order valence-corrected chi connectivity index (χ0v) is 13.2. The number of imidazole rings is 1. The molecule has 1 aromatic heterocycles. The van der Waals surface area contributed by atoms with E-state index in [1.807, 2.05) is 53.4 Å². The van der Waals surface area contributed by atoms with Crippen molar-refractivity contribution in [3.8, 4) is 0 Å². The third-order valence-electron chi connectivity index (χ3n) is 4.45. The van der Waals surface area contributed by atoms with Crippen LogP contribution in [0.2, 0.25) is 0 Å². The van der Waals surface area contributed by atoms with Crippen LogP contribution in [0.15, 0.2) is 53.3 Å². The van der Waals surface area contributed by atoms with Crippen molar-refractivity contribution in [2.24, 2.45) is 0 Å². The predicted molar refractivity (Wildman–Crippen MR) is 93.5 cm³/mol. The minimum absolute atomic E-state index is 0.0840. The van der Waals surface area contributed by atoms with E-state index in [1.165, 1.54) is 0 Å². The Morgan fingerprint density at radius 1 is 0.875 bits per heavy atom. The van der Waals surface area contributed by atoms with Gasteiger partial charge in [0.15, 0.2) is 0 Å². The van der Waals surface area contributed by atoms with Gasteiger partial charge in [-0.25, -0.2) is 4.79 Å². The van der Waals surface area contributed by atoms with Crippen LogP contribution in [0.25, 0.3) is 11.0 Å². The van der Waals surface area contributed by atoms with Gasteiger partial charge in [-0.1, -0.05) is 18.2 Å². The number of carbonyl (C=O) groups excluding carboxylic acids is 1. The molecule has 24 heavy (non-hydrogen) atoms. The summed E-state index contributed by atoms with van der Waals surface area (Å²) in [6, 6.07) is 15.3. The van der Waals surface area contributed by atoms with E-state index < -0.39 is 0 Å². The Kier molecular flexibility index (Phi) is 3.57. The Morgan fingerprint density at radius 3 is 2.33 bits per heavy atom. The lowest BCUT2D eigenvalue weighted by Crippen LogP contribution is -2.48. The first-order valence-electron chi connectivity index (χ1n) is 8.02. The summed E-state index contributed by atoms with van der Waals surface area (Å²) < 4.78 is 0. The van der Waals surface area contributed by atoms with Gasteiger partial charge >= 0.3 is 5.69 Å². The van der Waals surface area contributed by atoms with Gasteiger partial charge in [0.2, 0.25) is 0 Å². The van der Waals surface area contributed by atoms with Gasteiger partial charge in [0.25, 0.3) is 5.91 Å². The van der Waals surface area contributed by atoms with Crippen LogP contribution in [-0.4, -0.2) is 47.0 Å². The number of H-pyrrole nitrogens is 2. The number of aromatic nitrogens is 2. The number of benzene rings is 2. The molecule has 1 amide bonds. The lowest BCUT2D eigenvalue weighted by molar-refractivity contribution is 0.0747. The fourth-order valence-electron chi connectivity index (χ4n) is 3.15. The van der Waals surface area contributed by atoms with Gasteiger partial charge in [-0.15, -0.1) is 0 Å². The third kappa shape index (κ3) is 2.67. The van der Waals surface area contributed by atoms with E-state index in [0.717, 1.165) is 35.4 Å². The minimum atomic E-state index is -0.194. The molecular formula is C18H18N4O2. The van der Waals surface area contributed by atoms with Gasteiger partial charge in [0, 0.05) is 37.4 Å². The second-order valence-electron chi connectivity index (χ2n) is 5.95. The van der Waals surface area contributed by atoms with Crippen LogP contribution in [0, 0.1) is 0 Å². The average molecular weight is 322 g/mol. The lowest BCUT2D eigenvalue weighted by atomic mass is 10.1. The fraction of sp³-hybridized carbons (Fsp3) is 0.222. The number of aromatic amines is 2. The first kappa shape index (κ1) is 14.6. The van der Waals surface area contributed by atoms with Crippen molar-refractivity contribution in [1.82, 2.24) is 14.9 Å². The largest absolute Gasteiger partial charge is 0.368 e. The SMILES string of the molecule is O=C(c1ccccc1)N1CCN(c2ccc3[nH]c(=O)[nH]c3c2)CC1. The molecule has 0 unspecified atom stereocenters. The summed E-state index contributed by atoms with van der Waals surface area (Å²) in [5.74, 6) is 0.0840. The summed E-state index contributed by atoms with van der Waals surface area (Å²) in [6.45, 7) is 2.93. The van der Waals surface area contributed by atoms with Gasteiger partial charge in [0.1, 0.15) is 0 Å². The van der Waals surface area contributed by atoms with E-state index in [1.54, 1.807) is 0 Å². The summed E-state index contributed by atoms with van der Waals surface area (Å²) in [4.78, 5) is 33.5. The van der Waals surface area contributed by atoms with Gasteiger partial charge in [-0.2, -0.15) is 0 Å². The highest BCUT2D eigenvalue weighted by Crippen LogP contribution is 2.21. The molecule has 0 aliphatic carbocycles. The number of nitrogens with zero attached hydrogens (tertiary/aromatic N) is 2. The van der Waals surface area contributed by atoms with E-state index in [-0.39, 0.29) is 11.6 Å². The molecular weight excluding hydrogens is 304 g/mol. The normalized spacial score (nSPS) is 15.0. The molecule has 1 aliphatic rings. The van der Waals surface area contributed by atoms with Crippen LogP contribution < -0.4 is 10.6 Å². The van der Waals surface area contributed by atoms with Crippen molar-refractivity contribution >= 4 is 22.6 Å². The third-order valence-corrected chi connectivity index (χ3v) is 4.45. The molecule has 3 aromatic rings. The summed E-state index contributed by atoms with van der Waals surface area (Å²) in [5.41, 5.74) is 3.21. The molecule has 0 spiro atoms. The van der Waals surface area contributed by atoms with Crippen LogP contribution in [0.3, 0.4) is 0 Å². The highest BCUT2D eigenvalue weighted by Gasteiger charge is 2.22. The molecule has 1 saturated heterocycles. The number of hydrogen-bond acceptors (Lipinski definition) is 3. The summed E-state index contributed by atoms with van der Waals surface area (Å²) in [7, 11) is 0. The Hall–Kier alpha value is -3.02. The van der Waals surface area contributed by atoms with Gasteiger partial charge in [0.05, 0.1) is 11.0 Å². The van der Waals surface area contributed by atoms with Gasteiger partial charge in [-0.3, -0.25) is 4.79 Å². The molecule has 6 nitrogen and oxygen atoms in total. The molecule has 0 saturated carbocycles. The Balaban J connectivity index is 1.47. The molecule has 0 bridgehead atoms. The Morgan fingerprint density at radius 2 is 1.58 bits per heavy atom. The second kappa shape index (κ2) is 5.88. The van der Waals surface area contributed by atoms with Crippen molar-refractivity contribution in [3.05, 3.63) is 64.6 Å². The molecule has 1 fully saturated rings. The highest BCUT2D eigenvalue weighted by molar-refractivity contribution is 5.94. The summed E-state index contributed by atoms with van der Waals surface area (Å²) in [6.07, 6.45) is 0. The van der Waals surface area contributed by atoms with Crippen molar-refractivity contribution < 1.29 is 4.79 Å². The summed E-state index contributed by atoms with van der Waals surface area (Å²) in [5, 5.41) is 0. The highest BCUT2D eigenvalue weighted by atomic mass is 16.2. The van der Waals surface area contributed by atoms with Crippen LogP contribution in [0.1, 0.15) is 10.4 Å². The predicted octanol–water partition coefficient (Wildman–Crippen LogP) is 1.82. The summed E-state index contributed by atoms with van der Waals surface area (Å²) >= 11 is 0. The number of fused-ring (bicyclic) bond motifs is 1. The maximum atomic E-state index is 12.5. The molecule has 122 valence electrons. The zero-order valence-electron chi connectivity index (χ0n) is 13.2. The van der Waals surface area contributed by atoms with Gasteiger partial charge in [-0.05, 0) is 30.3 Å². The quantitative estimate of drug-likeness (QED) is 0.756. The molecule has 2 aromatic carbocycles. The molecule has 0 atom stereocenters. The minimum Gasteiger partial charge on any atom is -0.368 e. The molecule has 0 radical (unpaired) electrons. The smallest absolute Gasteiger partial charge is 0.323 e.